The Bertz CT molecular complexity index is 784. The summed E-state index contributed by atoms with van der Waals surface area (Å²) in [6, 6.07) is 17.5. The number of rotatable bonds is 7. The van der Waals surface area contributed by atoms with Crippen LogP contribution in [0.5, 0.6) is 0 Å². The van der Waals surface area contributed by atoms with Crippen molar-refractivity contribution < 1.29 is 9.90 Å². The molecule has 0 saturated heterocycles. The van der Waals surface area contributed by atoms with Crippen molar-refractivity contribution >= 4 is 5.91 Å². The smallest absolute Gasteiger partial charge is 0.255 e. The molecule has 128 valence electrons. The summed E-state index contributed by atoms with van der Waals surface area (Å²) < 4.78 is 1.88. The molecule has 0 unspecified atom stereocenters. The van der Waals surface area contributed by atoms with Crippen molar-refractivity contribution in [1.82, 2.24) is 14.5 Å². The molecule has 0 aliphatic rings. The Morgan fingerprint density at radius 1 is 1.00 bits per heavy atom. The van der Waals surface area contributed by atoms with Crippen molar-refractivity contribution in [1.29, 1.82) is 0 Å². The van der Waals surface area contributed by atoms with E-state index >= 15 is 0 Å². The van der Waals surface area contributed by atoms with Gasteiger partial charge >= 0.3 is 0 Å². The lowest BCUT2D eigenvalue weighted by Gasteiger charge is -2.22. The van der Waals surface area contributed by atoms with Crippen molar-refractivity contribution in [2.24, 2.45) is 0 Å². The van der Waals surface area contributed by atoms with Crippen LogP contribution in [-0.2, 0) is 6.42 Å². The van der Waals surface area contributed by atoms with Crippen LogP contribution in [0.25, 0.3) is 5.82 Å². The van der Waals surface area contributed by atoms with E-state index < -0.39 is 0 Å². The Hall–Kier alpha value is -2.92. The molecule has 2 heterocycles. The lowest BCUT2D eigenvalue weighted by Crippen LogP contribution is -2.35. The summed E-state index contributed by atoms with van der Waals surface area (Å²) in [4.78, 5) is 18.7. The molecule has 0 atom stereocenters. The van der Waals surface area contributed by atoms with Crippen molar-refractivity contribution in [3.8, 4) is 5.82 Å². The number of nitrogens with zero attached hydrogens (tertiary/aromatic N) is 3. The molecule has 0 aliphatic carbocycles. The highest BCUT2D eigenvalue weighted by molar-refractivity contribution is 5.94. The van der Waals surface area contributed by atoms with Crippen LogP contribution in [0.2, 0.25) is 0 Å². The highest BCUT2D eigenvalue weighted by Crippen LogP contribution is 2.10. The zero-order chi connectivity index (χ0) is 17.5. The van der Waals surface area contributed by atoms with Gasteiger partial charge in [0.2, 0.25) is 0 Å². The summed E-state index contributed by atoms with van der Waals surface area (Å²) in [5.41, 5.74) is 1.69. The zero-order valence-corrected chi connectivity index (χ0v) is 14.0. The normalized spacial score (nSPS) is 10.6. The molecule has 0 spiro atoms. The Balaban J connectivity index is 1.69. The van der Waals surface area contributed by atoms with Crippen LogP contribution in [-0.4, -0.2) is 45.2 Å². The number of benzene rings is 1. The van der Waals surface area contributed by atoms with Gasteiger partial charge in [-0.2, -0.15) is 0 Å². The van der Waals surface area contributed by atoms with Crippen molar-refractivity contribution in [3.05, 3.63) is 84.3 Å². The molecule has 3 aromatic rings. The molecule has 3 rings (SSSR count). The first kappa shape index (κ1) is 16.9. The third-order valence-electron chi connectivity index (χ3n) is 4.03. The predicted molar refractivity (Wildman–Crippen MR) is 96.7 cm³/mol. The summed E-state index contributed by atoms with van der Waals surface area (Å²) in [6.07, 6.45) is 6.15. The van der Waals surface area contributed by atoms with E-state index in [1.807, 2.05) is 65.5 Å². The average molecular weight is 335 g/mol. The number of amides is 1. The van der Waals surface area contributed by atoms with Crippen LogP contribution in [0.4, 0.5) is 0 Å². The molecule has 25 heavy (non-hydrogen) atoms. The van der Waals surface area contributed by atoms with Crippen molar-refractivity contribution in [2.45, 2.75) is 6.42 Å². The Kier molecular flexibility index (Phi) is 5.59. The molecule has 0 bridgehead atoms. The van der Waals surface area contributed by atoms with Crippen LogP contribution < -0.4 is 0 Å². The number of aliphatic hydroxyl groups is 1. The topological polar surface area (TPSA) is 58.4 Å². The van der Waals surface area contributed by atoms with Gasteiger partial charge in [0.1, 0.15) is 5.82 Å². The van der Waals surface area contributed by atoms with Gasteiger partial charge in [-0.1, -0.05) is 30.3 Å². The minimum absolute atomic E-state index is 0.0601. The van der Waals surface area contributed by atoms with Gasteiger partial charge in [-0.25, -0.2) is 4.98 Å². The number of carbonyl (C=O) groups is 1. The van der Waals surface area contributed by atoms with E-state index in [0.29, 0.717) is 18.7 Å². The van der Waals surface area contributed by atoms with Gasteiger partial charge in [0, 0.05) is 31.7 Å². The van der Waals surface area contributed by atoms with E-state index in [-0.39, 0.29) is 12.5 Å². The number of aromatic nitrogens is 2. The second-order valence-corrected chi connectivity index (χ2v) is 5.75. The van der Waals surface area contributed by atoms with Crippen LogP contribution >= 0.6 is 0 Å². The summed E-state index contributed by atoms with van der Waals surface area (Å²) in [5.74, 6) is 0.649. The number of hydrogen-bond acceptors (Lipinski definition) is 3. The number of carbonyl (C=O) groups excluding carboxylic acids is 1. The van der Waals surface area contributed by atoms with E-state index in [1.54, 1.807) is 17.2 Å². The van der Waals surface area contributed by atoms with Gasteiger partial charge in [-0.15, -0.1) is 0 Å². The first-order valence-electron chi connectivity index (χ1n) is 8.31. The monoisotopic (exact) mass is 335 g/mol. The van der Waals surface area contributed by atoms with Gasteiger partial charge in [0.15, 0.2) is 0 Å². The van der Waals surface area contributed by atoms with Gasteiger partial charge in [-0.05, 0) is 36.2 Å². The van der Waals surface area contributed by atoms with Gasteiger partial charge < -0.3 is 14.6 Å². The fourth-order valence-corrected chi connectivity index (χ4v) is 2.68. The molecular formula is C20H21N3O2. The summed E-state index contributed by atoms with van der Waals surface area (Å²) in [6.45, 7) is 0.809. The van der Waals surface area contributed by atoms with Gasteiger partial charge in [-0.3, -0.25) is 4.79 Å². The molecule has 5 nitrogen and oxygen atoms in total. The van der Waals surface area contributed by atoms with Crippen LogP contribution in [0.3, 0.4) is 0 Å². The fourth-order valence-electron chi connectivity index (χ4n) is 2.68. The molecule has 0 fully saturated rings. The SMILES string of the molecule is O=C(c1ccc(-n2cccc2)nc1)N(CCO)CCc1ccccc1. The van der Waals surface area contributed by atoms with E-state index in [1.165, 1.54) is 5.56 Å². The second kappa shape index (κ2) is 8.26. The van der Waals surface area contributed by atoms with Crippen molar-refractivity contribution in [3.63, 3.8) is 0 Å². The minimum atomic E-state index is -0.114. The third-order valence-corrected chi connectivity index (χ3v) is 4.03. The standard InChI is InChI=1S/C20H21N3O2/c24-15-14-23(13-10-17-6-2-1-3-7-17)20(25)18-8-9-19(21-16-18)22-11-4-5-12-22/h1-9,11-12,16,24H,10,13-15H2. The van der Waals surface area contributed by atoms with Gasteiger partial charge in [0.05, 0.1) is 12.2 Å². The second-order valence-electron chi connectivity index (χ2n) is 5.75. The van der Waals surface area contributed by atoms with Gasteiger partial charge in [0.25, 0.3) is 5.91 Å². The highest BCUT2D eigenvalue weighted by Gasteiger charge is 2.15. The lowest BCUT2D eigenvalue weighted by molar-refractivity contribution is 0.0723. The quantitative estimate of drug-likeness (QED) is 0.722. The third kappa shape index (κ3) is 4.33. The molecule has 1 amide bonds. The molecular weight excluding hydrogens is 314 g/mol. The Morgan fingerprint density at radius 3 is 2.40 bits per heavy atom. The molecule has 0 saturated carbocycles. The number of pyridine rings is 1. The van der Waals surface area contributed by atoms with Crippen LogP contribution in [0.15, 0.2) is 73.2 Å². The van der Waals surface area contributed by atoms with E-state index in [0.717, 1.165) is 12.2 Å². The first-order valence-corrected chi connectivity index (χ1v) is 8.31. The number of hydrogen-bond donors (Lipinski definition) is 1. The summed E-state index contributed by atoms with van der Waals surface area (Å²) in [7, 11) is 0. The zero-order valence-electron chi connectivity index (χ0n) is 14.0. The molecule has 0 radical (unpaired) electrons. The molecule has 1 N–H and O–H groups in total. The van der Waals surface area contributed by atoms with E-state index in [9.17, 15) is 9.90 Å². The summed E-state index contributed by atoms with van der Waals surface area (Å²) in [5, 5.41) is 9.29. The molecule has 1 aromatic carbocycles. The van der Waals surface area contributed by atoms with Crippen molar-refractivity contribution in [2.75, 3.05) is 19.7 Å². The maximum atomic E-state index is 12.7. The highest BCUT2D eigenvalue weighted by atomic mass is 16.3. The Morgan fingerprint density at radius 2 is 1.76 bits per heavy atom. The lowest BCUT2D eigenvalue weighted by atomic mass is 10.1. The largest absolute Gasteiger partial charge is 0.395 e. The average Bonchev–Trinajstić information content (AvgIpc) is 3.20. The number of aliphatic hydroxyl groups excluding tert-OH is 1. The Labute approximate surface area is 147 Å². The maximum Gasteiger partial charge on any atom is 0.255 e. The predicted octanol–water partition coefficient (Wildman–Crippen LogP) is 2.55. The van der Waals surface area contributed by atoms with Crippen LogP contribution in [0.1, 0.15) is 15.9 Å². The van der Waals surface area contributed by atoms with E-state index in [2.05, 4.69) is 4.98 Å². The minimum Gasteiger partial charge on any atom is -0.395 e. The van der Waals surface area contributed by atoms with E-state index in [4.69, 9.17) is 0 Å². The fraction of sp³-hybridized carbons (Fsp3) is 0.200. The summed E-state index contributed by atoms with van der Waals surface area (Å²) >= 11 is 0. The molecule has 5 heteroatoms. The van der Waals surface area contributed by atoms with Crippen LogP contribution in [0, 0.1) is 0 Å². The first-order chi connectivity index (χ1) is 12.3. The molecule has 2 aromatic heterocycles. The maximum absolute atomic E-state index is 12.7. The molecule has 0 aliphatic heterocycles.